The molecule has 0 bridgehead atoms. The predicted molar refractivity (Wildman–Crippen MR) is 132 cm³/mol. The number of hydrogen-bond donors (Lipinski definition) is 1. The minimum atomic E-state index is -3.83. The molecule has 2 heterocycles. The molecule has 0 spiro atoms. The number of nitrogens with zero attached hydrogens (tertiary/aromatic N) is 2. The van der Waals surface area contributed by atoms with Gasteiger partial charge in [-0.3, -0.25) is 9.79 Å². The molecule has 0 aliphatic carbocycles. The van der Waals surface area contributed by atoms with E-state index >= 15 is 0 Å². The molecule has 1 atom stereocenters. The lowest BCUT2D eigenvalue weighted by Crippen LogP contribution is -2.39. The summed E-state index contributed by atoms with van der Waals surface area (Å²) in [6.45, 7) is 2.20. The van der Waals surface area contributed by atoms with Gasteiger partial charge in [0.15, 0.2) is 0 Å². The molecule has 166 valence electrons. The van der Waals surface area contributed by atoms with Crippen molar-refractivity contribution in [3.63, 3.8) is 0 Å². The van der Waals surface area contributed by atoms with E-state index in [1.165, 1.54) is 3.97 Å². The fourth-order valence-corrected chi connectivity index (χ4v) is 5.72. The van der Waals surface area contributed by atoms with Crippen LogP contribution in [0, 0.1) is 6.92 Å². The van der Waals surface area contributed by atoms with E-state index in [0.29, 0.717) is 11.2 Å². The van der Waals surface area contributed by atoms with Gasteiger partial charge in [0, 0.05) is 33.7 Å². The Labute approximate surface area is 200 Å². The first-order valence-corrected chi connectivity index (χ1v) is 12.6. The number of amides is 1. The van der Waals surface area contributed by atoms with Crippen LogP contribution >= 0.6 is 15.9 Å². The van der Waals surface area contributed by atoms with Crippen LogP contribution in [0.2, 0.25) is 0 Å². The summed E-state index contributed by atoms with van der Waals surface area (Å²) >= 11 is 3.46. The van der Waals surface area contributed by atoms with Crippen LogP contribution in [-0.2, 0) is 14.8 Å². The second-order valence-electron chi connectivity index (χ2n) is 7.93. The fourth-order valence-electron chi connectivity index (χ4n) is 4.00. The number of fused-ring (bicyclic) bond motifs is 1. The number of benzene rings is 3. The minimum Gasteiger partial charge on any atom is -0.348 e. The summed E-state index contributed by atoms with van der Waals surface area (Å²) < 4.78 is 29.2. The molecule has 1 N–H and O–H groups in total. The largest absolute Gasteiger partial charge is 0.348 e. The number of aromatic nitrogens is 1. The zero-order valence-corrected chi connectivity index (χ0v) is 20.1. The Kier molecular flexibility index (Phi) is 5.42. The van der Waals surface area contributed by atoms with Crippen molar-refractivity contribution in [2.75, 3.05) is 6.54 Å². The number of aliphatic imine (C=N–C) groups is 1. The third-order valence-electron chi connectivity index (χ3n) is 5.70. The Morgan fingerprint density at radius 2 is 1.76 bits per heavy atom. The Bertz CT molecular complexity index is 1510. The molecule has 0 radical (unpaired) electrons. The molecule has 3 aromatic carbocycles. The normalized spacial score (nSPS) is 16.5. The zero-order valence-electron chi connectivity index (χ0n) is 17.7. The zero-order chi connectivity index (χ0) is 23.2. The van der Waals surface area contributed by atoms with E-state index in [1.54, 1.807) is 36.5 Å². The molecular weight excluding hydrogens is 502 g/mol. The molecule has 0 saturated carbocycles. The average Bonchev–Trinajstić information content (AvgIpc) is 3.20. The SMILES string of the molecule is Cc1ccc(S(=O)(=O)n2cc(C3CNC(=O)C(c4ccccc4)=N3)c3ccc(Br)cc32)cc1. The third kappa shape index (κ3) is 3.89. The number of nitrogens with one attached hydrogen (secondary N) is 1. The summed E-state index contributed by atoms with van der Waals surface area (Å²) in [5.41, 5.74) is 3.33. The van der Waals surface area contributed by atoms with Gasteiger partial charge in [0.1, 0.15) is 5.71 Å². The molecule has 6 nitrogen and oxygen atoms in total. The van der Waals surface area contributed by atoms with Gasteiger partial charge in [0.2, 0.25) is 0 Å². The Morgan fingerprint density at radius 1 is 1.03 bits per heavy atom. The number of carbonyl (C=O) groups is 1. The van der Waals surface area contributed by atoms with Crippen molar-refractivity contribution in [1.29, 1.82) is 0 Å². The van der Waals surface area contributed by atoms with Crippen molar-refractivity contribution >= 4 is 48.5 Å². The lowest BCUT2D eigenvalue weighted by atomic mass is 10.0. The van der Waals surface area contributed by atoms with Crippen molar-refractivity contribution in [2.24, 2.45) is 4.99 Å². The van der Waals surface area contributed by atoms with E-state index in [0.717, 1.165) is 26.5 Å². The molecule has 1 aromatic heterocycles. The second kappa shape index (κ2) is 8.28. The molecule has 8 heteroatoms. The van der Waals surface area contributed by atoms with Gasteiger partial charge in [-0.2, -0.15) is 0 Å². The predicted octanol–water partition coefficient (Wildman–Crippen LogP) is 4.61. The highest BCUT2D eigenvalue weighted by Gasteiger charge is 2.29. The molecule has 1 aliphatic heterocycles. The van der Waals surface area contributed by atoms with Gasteiger partial charge in [0.25, 0.3) is 15.9 Å². The van der Waals surface area contributed by atoms with Crippen LogP contribution in [0.15, 0.2) is 93.4 Å². The summed E-state index contributed by atoms with van der Waals surface area (Å²) in [5, 5.41) is 3.67. The van der Waals surface area contributed by atoms with Gasteiger partial charge in [0.05, 0.1) is 16.5 Å². The van der Waals surface area contributed by atoms with E-state index in [4.69, 9.17) is 4.99 Å². The average molecular weight is 522 g/mol. The van der Waals surface area contributed by atoms with Gasteiger partial charge in [-0.25, -0.2) is 12.4 Å². The minimum absolute atomic E-state index is 0.210. The smallest absolute Gasteiger partial charge is 0.270 e. The van der Waals surface area contributed by atoms with Crippen LogP contribution in [0.3, 0.4) is 0 Å². The van der Waals surface area contributed by atoms with Crippen molar-refractivity contribution in [3.8, 4) is 0 Å². The summed E-state index contributed by atoms with van der Waals surface area (Å²) in [7, 11) is -3.83. The molecule has 33 heavy (non-hydrogen) atoms. The lowest BCUT2D eigenvalue weighted by Gasteiger charge is -2.21. The quantitative estimate of drug-likeness (QED) is 0.425. The lowest BCUT2D eigenvalue weighted by molar-refractivity contribution is -0.115. The number of hydrogen-bond acceptors (Lipinski definition) is 4. The van der Waals surface area contributed by atoms with E-state index in [-0.39, 0.29) is 17.3 Å². The van der Waals surface area contributed by atoms with E-state index in [9.17, 15) is 13.2 Å². The van der Waals surface area contributed by atoms with Gasteiger partial charge >= 0.3 is 0 Å². The summed E-state index contributed by atoms with van der Waals surface area (Å²) in [5.74, 6) is -0.240. The Hall–Kier alpha value is -3.23. The first-order valence-electron chi connectivity index (χ1n) is 10.4. The van der Waals surface area contributed by atoms with Crippen molar-refractivity contribution in [1.82, 2.24) is 9.29 Å². The van der Waals surface area contributed by atoms with Crippen LogP contribution in [0.5, 0.6) is 0 Å². The standard InChI is InChI=1S/C25H20BrN3O3S/c1-16-7-10-19(11-8-16)33(31,32)29-15-21(20-12-9-18(26)13-23(20)29)22-14-27-25(30)24(28-22)17-5-3-2-4-6-17/h2-13,15,22H,14H2,1H3,(H,27,30). The van der Waals surface area contributed by atoms with Crippen molar-refractivity contribution < 1.29 is 13.2 Å². The number of aryl methyl sites for hydroxylation is 1. The highest BCUT2D eigenvalue weighted by atomic mass is 79.9. The topological polar surface area (TPSA) is 80.5 Å². The summed E-state index contributed by atoms with van der Waals surface area (Å²) in [6, 6.07) is 21.2. The van der Waals surface area contributed by atoms with Gasteiger partial charge in [-0.15, -0.1) is 0 Å². The van der Waals surface area contributed by atoms with Gasteiger partial charge in [-0.1, -0.05) is 70.0 Å². The van der Waals surface area contributed by atoms with E-state index < -0.39 is 16.1 Å². The van der Waals surface area contributed by atoms with Crippen LogP contribution < -0.4 is 5.32 Å². The third-order valence-corrected chi connectivity index (χ3v) is 7.89. The van der Waals surface area contributed by atoms with Crippen molar-refractivity contribution in [3.05, 3.63) is 100 Å². The van der Waals surface area contributed by atoms with E-state index in [1.807, 2.05) is 49.4 Å². The molecule has 5 rings (SSSR count). The molecule has 1 unspecified atom stereocenters. The molecule has 4 aromatic rings. The van der Waals surface area contributed by atoms with Crippen LogP contribution in [-0.4, -0.2) is 30.6 Å². The first kappa shape index (κ1) is 21.6. The number of rotatable bonds is 4. The van der Waals surface area contributed by atoms with Gasteiger partial charge < -0.3 is 5.32 Å². The first-order chi connectivity index (χ1) is 15.8. The fraction of sp³-hybridized carbons (Fsp3) is 0.120. The van der Waals surface area contributed by atoms with Crippen LogP contribution in [0.25, 0.3) is 10.9 Å². The monoisotopic (exact) mass is 521 g/mol. The highest BCUT2D eigenvalue weighted by Crippen LogP contribution is 2.34. The number of carbonyl (C=O) groups excluding carboxylic acids is 1. The highest BCUT2D eigenvalue weighted by molar-refractivity contribution is 9.10. The summed E-state index contributed by atoms with van der Waals surface area (Å²) in [6.07, 6.45) is 1.63. The maximum absolute atomic E-state index is 13.5. The van der Waals surface area contributed by atoms with Gasteiger partial charge in [-0.05, 0) is 31.2 Å². The number of halogens is 1. The summed E-state index contributed by atoms with van der Waals surface area (Å²) in [4.78, 5) is 17.5. The maximum atomic E-state index is 13.5. The van der Waals surface area contributed by atoms with Crippen LogP contribution in [0.4, 0.5) is 0 Å². The molecule has 0 saturated heterocycles. The molecule has 1 amide bonds. The maximum Gasteiger partial charge on any atom is 0.270 e. The molecular formula is C25H20BrN3O3S. The Balaban J connectivity index is 1.68. The van der Waals surface area contributed by atoms with E-state index in [2.05, 4.69) is 21.2 Å². The molecule has 0 fully saturated rings. The Morgan fingerprint density at radius 3 is 2.48 bits per heavy atom. The molecule has 1 aliphatic rings. The second-order valence-corrected chi connectivity index (χ2v) is 10.7. The van der Waals surface area contributed by atoms with Crippen molar-refractivity contribution in [2.45, 2.75) is 17.9 Å². The van der Waals surface area contributed by atoms with Crippen LogP contribution in [0.1, 0.15) is 22.7 Å².